The molecule has 2 aromatic rings. The van der Waals surface area contributed by atoms with Crippen LogP contribution < -0.4 is 5.32 Å². The van der Waals surface area contributed by atoms with Gasteiger partial charge in [0.05, 0.1) is 0 Å². The van der Waals surface area contributed by atoms with Crippen molar-refractivity contribution < 1.29 is 9.59 Å². The fraction of sp³-hybridized carbons (Fsp3) is 0.400. The van der Waals surface area contributed by atoms with Crippen LogP contribution in [0.5, 0.6) is 0 Å². The highest BCUT2D eigenvalue weighted by Gasteiger charge is 2.23. The number of nitrogens with one attached hydrogen (secondary N) is 1. The number of nitrogens with zero attached hydrogens (tertiary/aromatic N) is 2. The van der Waals surface area contributed by atoms with Gasteiger partial charge in [0.1, 0.15) is 5.69 Å². The second kappa shape index (κ2) is 7.02. The number of thiazole rings is 1. The van der Waals surface area contributed by atoms with Crippen molar-refractivity contribution in [3.8, 4) is 0 Å². The van der Waals surface area contributed by atoms with Crippen LogP contribution >= 0.6 is 22.7 Å². The van der Waals surface area contributed by atoms with E-state index in [2.05, 4.69) is 10.3 Å². The number of aromatic nitrogens is 1. The Labute approximate surface area is 137 Å². The molecule has 1 N–H and O–H groups in total. The van der Waals surface area contributed by atoms with Crippen molar-refractivity contribution in [1.82, 2.24) is 15.2 Å². The topological polar surface area (TPSA) is 62.3 Å². The molecule has 2 aromatic heterocycles. The summed E-state index contributed by atoms with van der Waals surface area (Å²) < 4.78 is 0. The molecule has 0 spiro atoms. The molecule has 0 aromatic carbocycles. The Morgan fingerprint density at radius 3 is 2.82 bits per heavy atom. The number of amides is 2. The lowest BCUT2D eigenvalue weighted by molar-refractivity contribution is 0.0792. The van der Waals surface area contributed by atoms with Crippen LogP contribution in [0.2, 0.25) is 0 Å². The lowest BCUT2D eigenvalue weighted by Gasteiger charge is -2.12. The Bertz CT molecular complexity index is 646. The summed E-state index contributed by atoms with van der Waals surface area (Å²) in [4.78, 5) is 31.5. The quantitative estimate of drug-likeness (QED) is 0.913. The monoisotopic (exact) mass is 335 g/mol. The van der Waals surface area contributed by atoms with E-state index >= 15 is 0 Å². The van der Waals surface area contributed by atoms with Gasteiger partial charge >= 0.3 is 0 Å². The first-order chi connectivity index (χ1) is 10.7. The van der Waals surface area contributed by atoms with Crippen LogP contribution in [0, 0.1) is 0 Å². The summed E-state index contributed by atoms with van der Waals surface area (Å²) in [5, 5.41) is 6.93. The van der Waals surface area contributed by atoms with Crippen molar-refractivity contribution in [2.45, 2.75) is 19.3 Å². The lowest BCUT2D eigenvalue weighted by atomic mass is 10.3. The largest absolute Gasteiger partial charge is 0.350 e. The molecule has 1 fully saturated rings. The fourth-order valence-electron chi connectivity index (χ4n) is 2.38. The molecule has 0 saturated carbocycles. The molecule has 3 heterocycles. The van der Waals surface area contributed by atoms with Crippen molar-refractivity contribution >= 4 is 34.5 Å². The summed E-state index contributed by atoms with van der Waals surface area (Å²) >= 11 is 2.92. The Morgan fingerprint density at radius 2 is 2.09 bits per heavy atom. The molecule has 0 bridgehead atoms. The van der Waals surface area contributed by atoms with E-state index in [1.807, 2.05) is 17.5 Å². The summed E-state index contributed by atoms with van der Waals surface area (Å²) in [6, 6.07) is 4.05. The Kier molecular flexibility index (Phi) is 4.84. The lowest BCUT2D eigenvalue weighted by Crippen LogP contribution is -2.28. The number of hydrogen-bond acceptors (Lipinski definition) is 5. The van der Waals surface area contributed by atoms with Crippen molar-refractivity contribution in [2.24, 2.45) is 0 Å². The molecular formula is C15H17N3O2S2. The van der Waals surface area contributed by atoms with Crippen LogP contribution in [0.15, 0.2) is 22.9 Å². The van der Waals surface area contributed by atoms with Crippen LogP contribution in [-0.4, -0.2) is 41.3 Å². The second-order valence-corrected chi connectivity index (χ2v) is 7.01. The third-order valence-electron chi connectivity index (χ3n) is 3.55. The van der Waals surface area contributed by atoms with Gasteiger partial charge in [0.2, 0.25) is 0 Å². The van der Waals surface area contributed by atoms with E-state index < -0.39 is 0 Å². The smallest absolute Gasteiger partial charge is 0.282 e. The average Bonchev–Trinajstić information content (AvgIpc) is 3.27. The van der Waals surface area contributed by atoms with E-state index in [4.69, 9.17) is 0 Å². The molecule has 1 saturated heterocycles. The summed E-state index contributed by atoms with van der Waals surface area (Å²) in [6.07, 6.45) is 2.91. The van der Waals surface area contributed by atoms with E-state index in [-0.39, 0.29) is 11.8 Å². The summed E-state index contributed by atoms with van der Waals surface area (Å²) in [5.74, 6) is -0.270. The minimum atomic E-state index is -0.215. The summed E-state index contributed by atoms with van der Waals surface area (Å²) in [6.45, 7) is 2.16. The Hall–Kier alpha value is -1.73. The van der Waals surface area contributed by atoms with Crippen LogP contribution in [0.3, 0.4) is 0 Å². The Morgan fingerprint density at radius 1 is 1.27 bits per heavy atom. The maximum Gasteiger partial charge on any atom is 0.282 e. The normalized spacial score (nSPS) is 14.3. The van der Waals surface area contributed by atoms with Gasteiger partial charge < -0.3 is 10.2 Å². The average molecular weight is 335 g/mol. The van der Waals surface area contributed by atoms with Crippen molar-refractivity contribution in [1.29, 1.82) is 0 Å². The van der Waals surface area contributed by atoms with Gasteiger partial charge in [-0.2, -0.15) is 0 Å². The third-order valence-corrected chi connectivity index (χ3v) is 5.32. The maximum absolute atomic E-state index is 12.2. The molecule has 7 heteroatoms. The molecule has 0 radical (unpaired) electrons. The SMILES string of the molecule is O=C(NCCc1cccs1)c1csc(C(=O)N2CCCC2)n1. The van der Waals surface area contributed by atoms with E-state index in [0.717, 1.165) is 32.4 Å². The molecule has 0 aliphatic carbocycles. The van der Waals surface area contributed by atoms with Gasteiger partial charge in [0, 0.05) is 29.9 Å². The third kappa shape index (κ3) is 3.53. The highest BCUT2D eigenvalue weighted by atomic mass is 32.1. The first-order valence-electron chi connectivity index (χ1n) is 7.29. The molecule has 0 atom stereocenters. The minimum Gasteiger partial charge on any atom is -0.350 e. The number of carbonyl (C=O) groups is 2. The van der Waals surface area contributed by atoms with E-state index in [1.54, 1.807) is 21.6 Å². The zero-order valence-corrected chi connectivity index (χ0v) is 13.7. The summed E-state index contributed by atoms with van der Waals surface area (Å²) in [7, 11) is 0. The minimum absolute atomic E-state index is 0.0554. The molecule has 1 aliphatic heterocycles. The van der Waals surface area contributed by atoms with Gasteiger partial charge in [0.15, 0.2) is 5.01 Å². The molecule has 1 aliphatic rings. The number of rotatable bonds is 5. The van der Waals surface area contributed by atoms with Gasteiger partial charge in [0.25, 0.3) is 11.8 Å². The van der Waals surface area contributed by atoms with Crippen LogP contribution in [0.1, 0.15) is 38.0 Å². The predicted octanol–water partition coefficient (Wildman–Crippen LogP) is 2.41. The van der Waals surface area contributed by atoms with E-state index in [9.17, 15) is 9.59 Å². The maximum atomic E-state index is 12.2. The summed E-state index contributed by atoms with van der Waals surface area (Å²) in [5.41, 5.74) is 0.332. The number of thiophene rings is 1. The standard InChI is InChI=1S/C15H17N3O2S2/c19-13(16-6-5-11-4-3-9-21-11)12-10-22-14(17-12)15(20)18-7-1-2-8-18/h3-4,9-10H,1-2,5-8H2,(H,16,19). The number of carbonyl (C=O) groups excluding carboxylic acids is 2. The van der Waals surface area contributed by atoms with Gasteiger partial charge in [-0.05, 0) is 30.7 Å². The van der Waals surface area contributed by atoms with Gasteiger partial charge in [-0.15, -0.1) is 22.7 Å². The highest BCUT2D eigenvalue weighted by Crippen LogP contribution is 2.16. The van der Waals surface area contributed by atoms with Gasteiger partial charge in [-0.3, -0.25) is 9.59 Å². The first kappa shape index (κ1) is 15.2. The molecule has 5 nitrogen and oxygen atoms in total. The second-order valence-electron chi connectivity index (χ2n) is 5.12. The van der Waals surface area contributed by atoms with E-state index in [1.165, 1.54) is 16.2 Å². The van der Waals surface area contributed by atoms with Crippen LogP contribution in [-0.2, 0) is 6.42 Å². The zero-order valence-electron chi connectivity index (χ0n) is 12.1. The number of likely N-dealkylation sites (tertiary alicyclic amines) is 1. The molecule has 3 rings (SSSR count). The number of hydrogen-bond donors (Lipinski definition) is 1. The van der Waals surface area contributed by atoms with Crippen molar-refractivity contribution in [3.63, 3.8) is 0 Å². The van der Waals surface area contributed by atoms with Crippen LogP contribution in [0.25, 0.3) is 0 Å². The van der Waals surface area contributed by atoms with Gasteiger partial charge in [-0.25, -0.2) is 4.98 Å². The molecule has 116 valence electrons. The van der Waals surface area contributed by atoms with Crippen LogP contribution in [0.4, 0.5) is 0 Å². The fourth-order valence-corrected chi connectivity index (χ4v) is 3.85. The van der Waals surface area contributed by atoms with Crippen molar-refractivity contribution in [2.75, 3.05) is 19.6 Å². The highest BCUT2D eigenvalue weighted by molar-refractivity contribution is 7.11. The van der Waals surface area contributed by atoms with E-state index in [0.29, 0.717) is 17.2 Å². The Balaban J connectivity index is 1.53. The molecule has 22 heavy (non-hydrogen) atoms. The molecule has 0 unspecified atom stereocenters. The molecular weight excluding hydrogens is 318 g/mol. The zero-order chi connectivity index (χ0) is 15.4. The predicted molar refractivity (Wildman–Crippen MR) is 87.6 cm³/mol. The first-order valence-corrected chi connectivity index (χ1v) is 9.05. The van der Waals surface area contributed by atoms with Crippen molar-refractivity contribution in [3.05, 3.63) is 38.5 Å². The van der Waals surface area contributed by atoms with Gasteiger partial charge in [-0.1, -0.05) is 6.07 Å². The molecule has 2 amide bonds.